The number of ether oxygens (including phenoxy) is 1. The highest BCUT2D eigenvalue weighted by atomic mass is 16.5. The third kappa shape index (κ3) is 4.84. The zero-order valence-electron chi connectivity index (χ0n) is 15.4. The molecule has 0 atom stereocenters. The number of benzene rings is 1. The zero-order valence-corrected chi connectivity index (χ0v) is 15.4. The number of hydrogen-bond donors (Lipinski definition) is 3. The van der Waals surface area contributed by atoms with Crippen LogP contribution in [0.15, 0.2) is 36.7 Å². The molecule has 144 valence electrons. The molecule has 2 rings (SSSR count). The second kappa shape index (κ2) is 8.35. The molecule has 0 aliphatic rings. The predicted octanol–water partition coefficient (Wildman–Crippen LogP) is 1.47. The number of aromatic nitrogens is 2. The maximum Gasteiger partial charge on any atom is 0.331 e. The van der Waals surface area contributed by atoms with E-state index in [9.17, 15) is 19.5 Å². The van der Waals surface area contributed by atoms with Gasteiger partial charge in [0.15, 0.2) is 5.54 Å². The third-order valence-corrected chi connectivity index (χ3v) is 3.80. The Morgan fingerprint density at radius 2 is 1.96 bits per heavy atom. The summed E-state index contributed by atoms with van der Waals surface area (Å²) in [5, 5.41) is 18.2. The molecule has 1 heterocycles. The minimum atomic E-state index is -1.25. The molecule has 27 heavy (non-hydrogen) atoms. The van der Waals surface area contributed by atoms with Gasteiger partial charge in [0.1, 0.15) is 5.75 Å². The maximum absolute atomic E-state index is 12.3. The normalized spacial score (nSPS) is 10.9. The molecule has 2 aromatic rings. The first-order chi connectivity index (χ1) is 12.8. The monoisotopic (exact) mass is 374 g/mol. The van der Waals surface area contributed by atoms with Crippen molar-refractivity contribution in [3.8, 4) is 5.75 Å². The fraction of sp³-hybridized carbons (Fsp3) is 0.333. The van der Waals surface area contributed by atoms with E-state index < -0.39 is 23.3 Å². The Morgan fingerprint density at radius 1 is 1.26 bits per heavy atom. The molecular weight excluding hydrogens is 352 g/mol. The predicted molar refractivity (Wildman–Crippen MR) is 97.8 cm³/mol. The molecule has 3 N–H and O–H groups in total. The highest BCUT2D eigenvalue weighted by Gasteiger charge is 2.30. The van der Waals surface area contributed by atoms with Crippen LogP contribution >= 0.6 is 0 Å². The highest BCUT2D eigenvalue weighted by Crippen LogP contribution is 2.18. The zero-order chi connectivity index (χ0) is 20.0. The number of para-hydroxylation sites is 1. The summed E-state index contributed by atoms with van der Waals surface area (Å²) in [4.78, 5) is 35.5. The number of carbonyl (C=O) groups excluding carboxylic acids is 2. The number of nitrogens with one attached hydrogen (secondary N) is 2. The lowest BCUT2D eigenvalue weighted by atomic mass is 10.1. The summed E-state index contributed by atoms with van der Waals surface area (Å²) < 4.78 is 6.63. The van der Waals surface area contributed by atoms with Crippen LogP contribution in [0.1, 0.15) is 31.1 Å². The van der Waals surface area contributed by atoms with E-state index in [1.807, 2.05) is 6.92 Å². The number of anilines is 1. The molecule has 2 amide bonds. The maximum atomic E-state index is 12.3. The van der Waals surface area contributed by atoms with Gasteiger partial charge in [0.25, 0.3) is 5.91 Å². The number of nitrogens with zero attached hydrogens (tertiary/aromatic N) is 2. The molecular formula is C18H22N4O5. The summed E-state index contributed by atoms with van der Waals surface area (Å²) >= 11 is 0. The number of rotatable bonds is 8. The van der Waals surface area contributed by atoms with Crippen molar-refractivity contribution in [3.05, 3.63) is 42.2 Å². The lowest BCUT2D eigenvalue weighted by Crippen LogP contribution is -2.36. The van der Waals surface area contributed by atoms with Gasteiger partial charge in [-0.15, -0.1) is 0 Å². The fourth-order valence-corrected chi connectivity index (χ4v) is 2.19. The second-order valence-electron chi connectivity index (χ2n) is 6.20. The Labute approximate surface area is 156 Å². The van der Waals surface area contributed by atoms with Gasteiger partial charge in [-0.2, -0.15) is 5.10 Å². The van der Waals surface area contributed by atoms with E-state index in [1.54, 1.807) is 24.3 Å². The summed E-state index contributed by atoms with van der Waals surface area (Å²) in [5.41, 5.74) is -0.582. The summed E-state index contributed by atoms with van der Waals surface area (Å²) in [7, 11) is 0. The minimum Gasteiger partial charge on any atom is -0.493 e. The van der Waals surface area contributed by atoms with E-state index in [-0.39, 0.29) is 6.54 Å². The Hall–Kier alpha value is -3.36. The van der Waals surface area contributed by atoms with Gasteiger partial charge in [0, 0.05) is 6.20 Å². The summed E-state index contributed by atoms with van der Waals surface area (Å²) in [6.45, 7) is 4.95. The first kappa shape index (κ1) is 20.0. The summed E-state index contributed by atoms with van der Waals surface area (Å²) in [6, 6.07) is 6.74. The summed E-state index contributed by atoms with van der Waals surface area (Å²) in [5.74, 6) is -1.51. The lowest BCUT2D eigenvalue weighted by molar-refractivity contribution is -0.146. The third-order valence-electron chi connectivity index (χ3n) is 3.80. The van der Waals surface area contributed by atoms with E-state index in [0.717, 1.165) is 0 Å². The van der Waals surface area contributed by atoms with Gasteiger partial charge in [0.05, 0.1) is 30.6 Å². The fourth-order valence-electron chi connectivity index (χ4n) is 2.19. The summed E-state index contributed by atoms with van der Waals surface area (Å²) in [6.07, 6.45) is 2.76. The van der Waals surface area contributed by atoms with E-state index in [2.05, 4.69) is 15.7 Å². The molecule has 0 radical (unpaired) electrons. The lowest BCUT2D eigenvalue weighted by Gasteiger charge is -2.19. The Morgan fingerprint density at radius 3 is 2.63 bits per heavy atom. The minimum absolute atomic E-state index is 0.257. The van der Waals surface area contributed by atoms with Crippen LogP contribution in [-0.4, -0.2) is 45.8 Å². The molecule has 0 bridgehead atoms. The van der Waals surface area contributed by atoms with Crippen molar-refractivity contribution in [1.29, 1.82) is 0 Å². The van der Waals surface area contributed by atoms with Crippen molar-refractivity contribution in [1.82, 2.24) is 15.1 Å². The van der Waals surface area contributed by atoms with Gasteiger partial charge in [-0.05, 0) is 32.9 Å². The number of hydrogen-bond acceptors (Lipinski definition) is 5. The van der Waals surface area contributed by atoms with Crippen LogP contribution in [0.2, 0.25) is 0 Å². The van der Waals surface area contributed by atoms with Crippen LogP contribution < -0.4 is 15.4 Å². The Kier molecular flexibility index (Phi) is 6.17. The van der Waals surface area contributed by atoms with Gasteiger partial charge < -0.3 is 20.5 Å². The average Bonchev–Trinajstić information content (AvgIpc) is 3.09. The van der Waals surface area contributed by atoms with Crippen molar-refractivity contribution >= 4 is 23.5 Å². The molecule has 1 aromatic carbocycles. The largest absolute Gasteiger partial charge is 0.493 e. The first-order valence-corrected chi connectivity index (χ1v) is 8.34. The topological polar surface area (TPSA) is 123 Å². The SMILES string of the molecule is CCOc1ccccc1C(=O)NCC(=O)Nc1cnn(C(C)(C)C(=O)O)c1. The molecule has 0 spiro atoms. The smallest absolute Gasteiger partial charge is 0.331 e. The molecule has 0 unspecified atom stereocenters. The molecule has 0 saturated heterocycles. The van der Waals surface area contributed by atoms with Crippen LogP contribution in [-0.2, 0) is 15.1 Å². The molecule has 0 fully saturated rings. The molecule has 9 heteroatoms. The van der Waals surface area contributed by atoms with Gasteiger partial charge in [0.2, 0.25) is 5.91 Å². The van der Waals surface area contributed by atoms with E-state index in [0.29, 0.717) is 23.6 Å². The van der Waals surface area contributed by atoms with E-state index in [4.69, 9.17) is 4.74 Å². The van der Waals surface area contributed by atoms with Gasteiger partial charge in [-0.1, -0.05) is 12.1 Å². The number of aliphatic carboxylic acids is 1. The average molecular weight is 374 g/mol. The quantitative estimate of drug-likeness (QED) is 0.643. The van der Waals surface area contributed by atoms with Gasteiger partial charge in [-0.25, -0.2) is 4.79 Å². The Bertz CT molecular complexity index is 844. The van der Waals surface area contributed by atoms with Crippen molar-refractivity contribution in [2.75, 3.05) is 18.5 Å². The van der Waals surface area contributed by atoms with Crippen molar-refractivity contribution in [2.24, 2.45) is 0 Å². The molecule has 0 saturated carbocycles. The molecule has 0 aliphatic carbocycles. The van der Waals surface area contributed by atoms with Crippen LogP contribution in [0.3, 0.4) is 0 Å². The van der Waals surface area contributed by atoms with Crippen LogP contribution in [0, 0.1) is 0 Å². The van der Waals surface area contributed by atoms with Crippen molar-refractivity contribution in [3.63, 3.8) is 0 Å². The van der Waals surface area contributed by atoms with Crippen molar-refractivity contribution in [2.45, 2.75) is 26.3 Å². The highest BCUT2D eigenvalue weighted by molar-refractivity contribution is 6.00. The number of amides is 2. The van der Waals surface area contributed by atoms with Crippen molar-refractivity contribution < 1.29 is 24.2 Å². The molecule has 0 aliphatic heterocycles. The standard InChI is InChI=1S/C18H22N4O5/c1-4-27-14-8-6-5-7-13(14)16(24)19-10-15(23)21-12-9-20-22(11-12)18(2,3)17(25)26/h5-9,11H,4,10H2,1-3H3,(H,19,24)(H,21,23)(H,25,26). The van der Waals surface area contributed by atoms with Gasteiger partial charge >= 0.3 is 5.97 Å². The Balaban J connectivity index is 1.95. The number of carbonyl (C=O) groups is 3. The van der Waals surface area contributed by atoms with Crippen LogP contribution in [0.25, 0.3) is 0 Å². The number of carboxylic acid groups (broad SMARTS) is 1. The number of carboxylic acids is 1. The van der Waals surface area contributed by atoms with E-state index >= 15 is 0 Å². The van der Waals surface area contributed by atoms with Crippen LogP contribution in [0.4, 0.5) is 5.69 Å². The van der Waals surface area contributed by atoms with Crippen LogP contribution in [0.5, 0.6) is 5.75 Å². The second-order valence-corrected chi connectivity index (χ2v) is 6.20. The molecule has 1 aromatic heterocycles. The van der Waals surface area contributed by atoms with E-state index in [1.165, 1.54) is 30.9 Å². The first-order valence-electron chi connectivity index (χ1n) is 8.34. The molecule has 9 nitrogen and oxygen atoms in total. The van der Waals surface area contributed by atoms with Gasteiger partial charge in [-0.3, -0.25) is 14.3 Å².